The van der Waals surface area contributed by atoms with E-state index < -0.39 is 11.7 Å². The first-order valence-corrected chi connectivity index (χ1v) is 5.48. The molecule has 1 aromatic rings. The molecule has 1 aliphatic heterocycles. The van der Waals surface area contributed by atoms with Crippen LogP contribution in [0.1, 0.15) is 24.1 Å². The smallest absolute Gasteiger partial charge is 0.378 e. The van der Waals surface area contributed by atoms with Crippen LogP contribution in [0.25, 0.3) is 0 Å². The highest BCUT2D eigenvalue weighted by molar-refractivity contribution is 5.27. The molecule has 1 aliphatic rings. The maximum absolute atomic E-state index is 12.5. The molecular formula is C12H14F3NO. The van der Waals surface area contributed by atoms with Crippen LogP contribution >= 0.6 is 0 Å². The molecule has 17 heavy (non-hydrogen) atoms. The van der Waals surface area contributed by atoms with Crippen molar-refractivity contribution >= 4 is 0 Å². The van der Waals surface area contributed by atoms with Crippen LogP contribution in [0.2, 0.25) is 0 Å². The van der Waals surface area contributed by atoms with E-state index >= 15 is 0 Å². The Labute approximate surface area is 97.8 Å². The fraction of sp³-hybridized carbons (Fsp3) is 0.500. The van der Waals surface area contributed by atoms with E-state index in [4.69, 9.17) is 4.74 Å². The number of halogens is 3. The molecule has 1 fully saturated rings. The Balaban J connectivity index is 2.09. The number of alkyl halides is 3. The number of hydrogen-bond acceptors (Lipinski definition) is 2. The predicted octanol–water partition coefficient (Wildman–Crippen LogP) is 2.75. The van der Waals surface area contributed by atoms with E-state index in [2.05, 4.69) is 5.32 Å². The van der Waals surface area contributed by atoms with Crippen LogP contribution < -0.4 is 5.32 Å². The molecule has 0 spiro atoms. The summed E-state index contributed by atoms with van der Waals surface area (Å²) in [5.74, 6) is 0. The minimum Gasteiger partial charge on any atom is -0.378 e. The normalized spacial score (nSPS) is 18.8. The summed E-state index contributed by atoms with van der Waals surface area (Å²) in [5, 5.41) is 3.22. The second-order valence-electron chi connectivity index (χ2n) is 4.25. The van der Waals surface area contributed by atoms with Gasteiger partial charge in [0, 0.05) is 6.04 Å². The van der Waals surface area contributed by atoms with Crippen LogP contribution in [-0.4, -0.2) is 19.3 Å². The molecule has 5 heteroatoms. The molecule has 0 aliphatic carbocycles. The first-order chi connectivity index (χ1) is 7.97. The molecule has 2 rings (SSSR count). The highest BCUT2D eigenvalue weighted by atomic mass is 19.4. The zero-order chi connectivity index (χ0) is 12.5. The van der Waals surface area contributed by atoms with Gasteiger partial charge in [0.05, 0.1) is 24.8 Å². The van der Waals surface area contributed by atoms with Gasteiger partial charge in [-0.3, -0.25) is 0 Å². The molecule has 0 radical (unpaired) electrons. The van der Waals surface area contributed by atoms with E-state index in [1.807, 2.05) is 6.92 Å². The van der Waals surface area contributed by atoms with Gasteiger partial charge in [-0.2, -0.15) is 13.2 Å². The standard InChI is InChI=1S/C12H14F3NO/c1-8(16-11-6-17-7-11)9-3-2-4-10(5-9)12(13,14)15/h2-5,8,11,16H,6-7H2,1H3. The summed E-state index contributed by atoms with van der Waals surface area (Å²) in [5.41, 5.74) is 0.0419. The molecule has 1 unspecified atom stereocenters. The Morgan fingerprint density at radius 1 is 1.35 bits per heavy atom. The van der Waals surface area contributed by atoms with Gasteiger partial charge in [-0.25, -0.2) is 0 Å². The monoisotopic (exact) mass is 245 g/mol. The molecule has 0 bridgehead atoms. The van der Waals surface area contributed by atoms with E-state index in [1.54, 1.807) is 6.07 Å². The van der Waals surface area contributed by atoms with Gasteiger partial charge in [0.15, 0.2) is 0 Å². The lowest BCUT2D eigenvalue weighted by Gasteiger charge is -2.30. The predicted molar refractivity (Wildman–Crippen MR) is 57.6 cm³/mol. The van der Waals surface area contributed by atoms with E-state index in [0.29, 0.717) is 18.8 Å². The molecular weight excluding hydrogens is 231 g/mol. The lowest BCUT2D eigenvalue weighted by molar-refractivity contribution is -0.137. The Morgan fingerprint density at radius 2 is 2.06 bits per heavy atom. The number of ether oxygens (including phenoxy) is 1. The first-order valence-electron chi connectivity index (χ1n) is 5.48. The Kier molecular flexibility index (Phi) is 3.40. The van der Waals surface area contributed by atoms with Crippen LogP contribution in [0.3, 0.4) is 0 Å². The third kappa shape index (κ3) is 2.98. The van der Waals surface area contributed by atoms with Gasteiger partial charge in [0.2, 0.25) is 0 Å². The summed E-state index contributed by atoms with van der Waals surface area (Å²) >= 11 is 0. The van der Waals surface area contributed by atoms with Crippen LogP contribution in [0.15, 0.2) is 24.3 Å². The summed E-state index contributed by atoms with van der Waals surface area (Å²) in [4.78, 5) is 0. The summed E-state index contributed by atoms with van der Waals surface area (Å²) in [6.07, 6.45) is -4.28. The van der Waals surface area contributed by atoms with E-state index in [-0.39, 0.29) is 12.1 Å². The third-order valence-corrected chi connectivity index (χ3v) is 2.84. The van der Waals surface area contributed by atoms with E-state index in [0.717, 1.165) is 6.07 Å². The SMILES string of the molecule is CC(NC1COC1)c1cccc(C(F)(F)F)c1. The maximum atomic E-state index is 12.5. The lowest BCUT2D eigenvalue weighted by Crippen LogP contribution is -2.46. The van der Waals surface area contributed by atoms with Crippen molar-refractivity contribution in [1.82, 2.24) is 5.32 Å². The Morgan fingerprint density at radius 3 is 2.59 bits per heavy atom. The third-order valence-electron chi connectivity index (χ3n) is 2.84. The largest absolute Gasteiger partial charge is 0.416 e. The fourth-order valence-electron chi connectivity index (χ4n) is 1.77. The van der Waals surface area contributed by atoms with Gasteiger partial charge < -0.3 is 10.1 Å². The van der Waals surface area contributed by atoms with Crippen molar-refractivity contribution < 1.29 is 17.9 Å². The Hall–Kier alpha value is -1.07. The molecule has 0 saturated carbocycles. The molecule has 1 N–H and O–H groups in total. The number of hydrogen-bond donors (Lipinski definition) is 1. The summed E-state index contributed by atoms with van der Waals surface area (Å²) < 4.78 is 42.6. The van der Waals surface area contributed by atoms with Crippen molar-refractivity contribution in [1.29, 1.82) is 0 Å². The Bertz CT molecular complexity index is 388. The van der Waals surface area contributed by atoms with Gasteiger partial charge >= 0.3 is 6.18 Å². The van der Waals surface area contributed by atoms with E-state index in [1.165, 1.54) is 12.1 Å². The van der Waals surface area contributed by atoms with Crippen molar-refractivity contribution in [2.24, 2.45) is 0 Å². The summed E-state index contributed by atoms with van der Waals surface area (Å²) in [6, 6.07) is 5.56. The minimum absolute atomic E-state index is 0.105. The van der Waals surface area contributed by atoms with Gasteiger partial charge in [-0.05, 0) is 24.6 Å². The average Bonchev–Trinajstić information content (AvgIpc) is 2.22. The van der Waals surface area contributed by atoms with Gasteiger partial charge in [0.25, 0.3) is 0 Å². The molecule has 1 aromatic carbocycles. The molecule has 2 nitrogen and oxygen atoms in total. The molecule has 1 heterocycles. The van der Waals surface area contributed by atoms with Crippen LogP contribution in [0.4, 0.5) is 13.2 Å². The second-order valence-corrected chi connectivity index (χ2v) is 4.25. The highest BCUT2D eigenvalue weighted by Crippen LogP contribution is 2.30. The lowest BCUT2D eigenvalue weighted by atomic mass is 10.0. The van der Waals surface area contributed by atoms with Crippen molar-refractivity contribution in [3.63, 3.8) is 0 Å². The molecule has 0 aromatic heterocycles. The van der Waals surface area contributed by atoms with Crippen molar-refractivity contribution in [3.05, 3.63) is 35.4 Å². The quantitative estimate of drug-likeness (QED) is 0.884. The van der Waals surface area contributed by atoms with Gasteiger partial charge in [0.1, 0.15) is 0 Å². The maximum Gasteiger partial charge on any atom is 0.416 e. The number of benzene rings is 1. The van der Waals surface area contributed by atoms with Crippen LogP contribution in [-0.2, 0) is 10.9 Å². The second kappa shape index (κ2) is 4.66. The van der Waals surface area contributed by atoms with Crippen molar-refractivity contribution in [2.75, 3.05) is 13.2 Å². The van der Waals surface area contributed by atoms with Crippen molar-refractivity contribution in [2.45, 2.75) is 25.2 Å². The molecule has 94 valence electrons. The molecule has 1 saturated heterocycles. The topological polar surface area (TPSA) is 21.3 Å². The zero-order valence-corrected chi connectivity index (χ0v) is 9.42. The highest BCUT2D eigenvalue weighted by Gasteiger charge is 2.31. The fourth-order valence-corrected chi connectivity index (χ4v) is 1.77. The minimum atomic E-state index is -4.28. The van der Waals surface area contributed by atoms with Crippen LogP contribution in [0.5, 0.6) is 0 Å². The van der Waals surface area contributed by atoms with Gasteiger partial charge in [-0.1, -0.05) is 12.1 Å². The summed E-state index contributed by atoms with van der Waals surface area (Å²) in [6.45, 7) is 3.11. The first kappa shape index (κ1) is 12.4. The number of rotatable bonds is 3. The number of nitrogens with one attached hydrogen (secondary N) is 1. The van der Waals surface area contributed by atoms with Gasteiger partial charge in [-0.15, -0.1) is 0 Å². The van der Waals surface area contributed by atoms with E-state index in [9.17, 15) is 13.2 Å². The zero-order valence-electron chi connectivity index (χ0n) is 9.42. The summed E-state index contributed by atoms with van der Waals surface area (Å²) in [7, 11) is 0. The van der Waals surface area contributed by atoms with Crippen molar-refractivity contribution in [3.8, 4) is 0 Å². The molecule has 1 atom stereocenters. The van der Waals surface area contributed by atoms with Crippen LogP contribution in [0, 0.1) is 0 Å². The average molecular weight is 245 g/mol. The molecule has 0 amide bonds.